The second kappa shape index (κ2) is 8.10. The Morgan fingerprint density at radius 2 is 2.00 bits per heavy atom. The van der Waals surface area contributed by atoms with Crippen molar-refractivity contribution in [3.63, 3.8) is 0 Å². The van der Waals surface area contributed by atoms with Crippen molar-refractivity contribution in [2.45, 2.75) is 45.5 Å². The second-order valence-electron chi connectivity index (χ2n) is 7.30. The summed E-state index contributed by atoms with van der Waals surface area (Å²) in [6.45, 7) is 6.79. The number of hydrogen-bond donors (Lipinski definition) is 1. The molecule has 0 aliphatic carbocycles. The van der Waals surface area contributed by atoms with Crippen LogP contribution in [0.1, 0.15) is 43.4 Å². The van der Waals surface area contributed by atoms with Gasteiger partial charge in [-0.2, -0.15) is 18.3 Å². The van der Waals surface area contributed by atoms with Gasteiger partial charge in [-0.1, -0.05) is 23.7 Å². The van der Waals surface area contributed by atoms with Crippen molar-refractivity contribution in [1.29, 1.82) is 0 Å². The van der Waals surface area contributed by atoms with E-state index < -0.39 is 17.8 Å². The van der Waals surface area contributed by atoms with E-state index in [2.05, 4.69) is 29.2 Å². The average molecular weight is 427 g/mol. The number of amides is 1. The molecule has 0 bridgehead atoms. The highest BCUT2D eigenvalue weighted by Gasteiger charge is 2.36. The number of para-hydroxylation sites is 1. The molecule has 0 radical (unpaired) electrons. The number of hydrogen-bond acceptors (Lipinski definition) is 3. The van der Waals surface area contributed by atoms with Crippen LogP contribution in [0, 0.1) is 0 Å². The molecule has 0 saturated carbocycles. The first-order valence-electron chi connectivity index (χ1n) is 9.25. The molecular formula is C20H22ClF3N4O. The lowest BCUT2D eigenvalue weighted by Gasteiger charge is -2.34. The maximum atomic E-state index is 13.2. The van der Waals surface area contributed by atoms with Gasteiger partial charge >= 0.3 is 6.18 Å². The summed E-state index contributed by atoms with van der Waals surface area (Å²) < 4.78 is 40.7. The molecule has 1 aromatic carbocycles. The van der Waals surface area contributed by atoms with Crippen LogP contribution in [-0.2, 0) is 6.18 Å². The SMILES string of the molecule is CC1=CN(C(C)C)CCC1NC(=O)c1cc(C(F)(F)F)nn1-c1ccccc1Cl. The Morgan fingerprint density at radius 1 is 1.31 bits per heavy atom. The molecular weight excluding hydrogens is 405 g/mol. The quantitative estimate of drug-likeness (QED) is 0.773. The van der Waals surface area contributed by atoms with Crippen molar-refractivity contribution in [3.05, 3.63) is 58.5 Å². The Labute approximate surface area is 172 Å². The van der Waals surface area contributed by atoms with E-state index in [0.717, 1.165) is 22.9 Å². The van der Waals surface area contributed by atoms with Crippen molar-refractivity contribution >= 4 is 17.5 Å². The minimum absolute atomic E-state index is 0.194. The molecule has 0 saturated heterocycles. The Morgan fingerprint density at radius 3 is 2.59 bits per heavy atom. The van der Waals surface area contributed by atoms with Crippen LogP contribution >= 0.6 is 11.6 Å². The zero-order valence-corrected chi connectivity index (χ0v) is 17.1. The molecule has 5 nitrogen and oxygen atoms in total. The highest BCUT2D eigenvalue weighted by molar-refractivity contribution is 6.32. The summed E-state index contributed by atoms with van der Waals surface area (Å²) in [5, 5.41) is 6.63. The van der Waals surface area contributed by atoms with Gasteiger partial charge < -0.3 is 10.2 Å². The fourth-order valence-corrected chi connectivity index (χ4v) is 3.45. The maximum absolute atomic E-state index is 13.2. The van der Waals surface area contributed by atoms with Crippen molar-refractivity contribution in [2.24, 2.45) is 0 Å². The van der Waals surface area contributed by atoms with Gasteiger partial charge in [0, 0.05) is 24.9 Å². The predicted molar refractivity (Wildman–Crippen MR) is 105 cm³/mol. The third-order valence-corrected chi connectivity index (χ3v) is 5.20. The lowest BCUT2D eigenvalue weighted by molar-refractivity contribution is -0.141. The number of benzene rings is 1. The molecule has 1 aliphatic heterocycles. The summed E-state index contributed by atoms with van der Waals surface area (Å²) in [4.78, 5) is 15.1. The molecule has 1 aromatic heterocycles. The van der Waals surface area contributed by atoms with Crippen molar-refractivity contribution in [3.8, 4) is 5.69 Å². The number of nitrogens with zero attached hydrogens (tertiary/aromatic N) is 3. The minimum Gasteiger partial charge on any atom is -0.375 e. The minimum atomic E-state index is -4.68. The van der Waals surface area contributed by atoms with Crippen LogP contribution in [0.5, 0.6) is 0 Å². The lowest BCUT2D eigenvalue weighted by atomic mass is 10.0. The van der Waals surface area contributed by atoms with Gasteiger partial charge in [0.2, 0.25) is 0 Å². The zero-order chi connectivity index (χ0) is 21.3. The van der Waals surface area contributed by atoms with Crippen LogP contribution in [0.2, 0.25) is 5.02 Å². The fourth-order valence-electron chi connectivity index (χ4n) is 3.24. The van der Waals surface area contributed by atoms with E-state index in [1.165, 1.54) is 12.1 Å². The van der Waals surface area contributed by atoms with Crippen LogP contribution in [0.3, 0.4) is 0 Å². The van der Waals surface area contributed by atoms with Crippen LogP contribution in [-0.4, -0.2) is 39.2 Å². The predicted octanol–water partition coefficient (Wildman–Crippen LogP) is 4.66. The maximum Gasteiger partial charge on any atom is 0.435 e. The van der Waals surface area contributed by atoms with Crippen LogP contribution in [0.15, 0.2) is 42.1 Å². The number of nitrogens with one attached hydrogen (secondary N) is 1. The van der Waals surface area contributed by atoms with E-state index >= 15 is 0 Å². The molecule has 29 heavy (non-hydrogen) atoms. The number of alkyl halides is 3. The second-order valence-corrected chi connectivity index (χ2v) is 7.70. The van der Waals surface area contributed by atoms with Crippen LogP contribution in [0.4, 0.5) is 13.2 Å². The molecule has 9 heteroatoms. The van der Waals surface area contributed by atoms with Crippen LogP contribution < -0.4 is 5.32 Å². The number of rotatable bonds is 4. The summed E-state index contributed by atoms with van der Waals surface area (Å²) in [5.74, 6) is -0.635. The van der Waals surface area contributed by atoms with E-state index in [9.17, 15) is 18.0 Å². The third-order valence-electron chi connectivity index (χ3n) is 4.88. The smallest absolute Gasteiger partial charge is 0.375 e. The van der Waals surface area contributed by atoms with E-state index in [0.29, 0.717) is 12.5 Å². The van der Waals surface area contributed by atoms with Crippen molar-refractivity contribution in [1.82, 2.24) is 20.0 Å². The molecule has 1 unspecified atom stereocenters. The normalized spacial score (nSPS) is 17.4. The number of carbonyl (C=O) groups is 1. The first kappa shape index (κ1) is 21.2. The summed E-state index contributed by atoms with van der Waals surface area (Å²) in [6.07, 6.45) is -2.04. The Balaban J connectivity index is 1.94. The molecule has 1 N–H and O–H groups in total. The highest BCUT2D eigenvalue weighted by Crippen LogP contribution is 2.31. The molecule has 1 amide bonds. The van der Waals surface area contributed by atoms with Gasteiger partial charge in [0.1, 0.15) is 5.69 Å². The van der Waals surface area contributed by atoms with Gasteiger partial charge in [-0.3, -0.25) is 4.79 Å². The molecule has 3 rings (SSSR count). The first-order valence-corrected chi connectivity index (χ1v) is 9.63. The number of halogens is 4. The molecule has 0 spiro atoms. The summed E-state index contributed by atoms with van der Waals surface area (Å²) in [6, 6.07) is 7.13. The van der Waals surface area contributed by atoms with E-state index in [1.807, 2.05) is 13.1 Å². The summed E-state index contributed by atoms with van der Waals surface area (Å²) in [7, 11) is 0. The Bertz CT molecular complexity index is 936. The van der Waals surface area contributed by atoms with Gasteiger partial charge in [-0.15, -0.1) is 0 Å². The summed E-state index contributed by atoms with van der Waals surface area (Å²) >= 11 is 6.13. The molecule has 1 atom stereocenters. The van der Waals surface area contributed by atoms with E-state index in [-0.39, 0.29) is 22.4 Å². The highest BCUT2D eigenvalue weighted by atomic mass is 35.5. The number of carbonyl (C=O) groups excluding carboxylic acids is 1. The first-order chi connectivity index (χ1) is 13.6. The Kier molecular flexibility index (Phi) is 5.93. The number of aromatic nitrogens is 2. The fraction of sp³-hybridized carbons (Fsp3) is 0.400. The average Bonchev–Trinajstić information content (AvgIpc) is 3.09. The largest absolute Gasteiger partial charge is 0.435 e. The topological polar surface area (TPSA) is 50.2 Å². The van der Waals surface area contributed by atoms with Gasteiger partial charge in [0.25, 0.3) is 5.91 Å². The molecule has 2 aromatic rings. The van der Waals surface area contributed by atoms with E-state index in [1.54, 1.807) is 12.1 Å². The summed E-state index contributed by atoms with van der Waals surface area (Å²) in [5.41, 5.74) is -0.219. The third kappa shape index (κ3) is 4.58. The van der Waals surface area contributed by atoms with Crippen LogP contribution in [0.25, 0.3) is 5.69 Å². The van der Waals surface area contributed by atoms with Crippen molar-refractivity contribution < 1.29 is 18.0 Å². The van der Waals surface area contributed by atoms with Gasteiger partial charge in [0.15, 0.2) is 5.69 Å². The van der Waals surface area contributed by atoms with Gasteiger partial charge in [-0.25, -0.2) is 4.68 Å². The van der Waals surface area contributed by atoms with Gasteiger partial charge in [-0.05, 0) is 44.9 Å². The molecule has 1 aliphatic rings. The van der Waals surface area contributed by atoms with Crippen molar-refractivity contribution in [2.75, 3.05) is 6.54 Å². The Hall–Kier alpha value is -2.48. The van der Waals surface area contributed by atoms with E-state index in [4.69, 9.17) is 11.6 Å². The lowest BCUT2D eigenvalue weighted by Crippen LogP contribution is -2.43. The zero-order valence-electron chi connectivity index (χ0n) is 16.3. The molecule has 156 valence electrons. The standard InChI is InChI=1S/C20H22ClF3N4O/c1-12(2)27-9-8-15(13(3)11-27)25-19(29)17-10-18(20(22,23)24)26-28(17)16-7-5-4-6-14(16)21/h4-7,10-12,15H,8-9H2,1-3H3,(H,25,29). The molecule has 2 heterocycles. The monoisotopic (exact) mass is 426 g/mol. The van der Waals surface area contributed by atoms with Gasteiger partial charge in [0.05, 0.1) is 16.8 Å². The molecule has 0 fully saturated rings.